The third-order valence-electron chi connectivity index (χ3n) is 9.56. The molecular formula is C25H42O3. The number of carbonyl (C=O) groups is 1. The average molecular weight is 391 g/mol. The highest BCUT2D eigenvalue weighted by atomic mass is 16.7. The summed E-state index contributed by atoms with van der Waals surface area (Å²) in [4.78, 5) is 12.6. The van der Waals surface area contributed by atoms with Gasteiger partial charge in [-0.25, -0.2) is 0 Å². The molecular weight excluding hydrogens is 348 g/mol. The van der Waals surface area contributed by atoms with E-state index in [0.717, 1.165) is 50.0 Å². The molecule has 0 heterocycles. The second-order valence-corrected chi connectivity index (χ2v) is 10.9. The smallest absolute Gasteiger partial charge is 0.155 e. The fourth-order valence-electron chi connectivity index (χ4n) is 7.82. The molecule has 4 rings (SSSR count). The molecule has 28 heavy (non-hydrogen) atoms. The monoisotopic (exact) mass is 390 g/mol. The predicted octanol–water partition coefficient (Wildman–Crippen LogP) is 6.15. The third kappa shape index (κ3) is 3.49. The Kier molecular flexibility index (Phi) is 5.97. The Morgan fingerprint density at radius 2 is 1.89 bits per heavy atom. The summed E-state index contributed by atoms with van der Waals surface area (Å²) >= 11 is 0. The Morgan fingerprint density at radius 3 is 2.68 bits per heavy atom. The molecule has 4 aliphatic carbocycles. The highest BCUT2D eigenvalue weighted by Crippen LogP contribution is 2.65. The summed E-state index contributed by atoms with van der Waals surface area (Å²) in [6.45, 7) is 9.96. The lowest BCUT2D eigenvalue weighted by Crippen LogP contribution is -2.54. The standard InChI is InChI=1S/C25H42O3/c1-5-6-15-27-17(2)28-19-11-13-24(3)18(16-19)7-8-20-21-9-10-23(26)25(21,4)14-12-22(20)24/h17-22H,5-16H2,1-4H3/t17?,18?,19?,20-,21-,22+,24-,25-/m0/s1. The van der Waals surface area contributed by atoms with Crippen molar-refractivity contribution in [2.24, 2.45) is 34.5 Å². The number of ether oxygens (including phenoxy) is 2. The largest absolute Gasteiger partial charge is 0.353 e. The molecule has 0 N–H and O–H groups in total. The van der Waals surface area contributed by atoms with Crippen LogP contribution in [0.4, 0.5) is 0 Å². The number of ketones is 1. The van der Waals surface area contributed by atoms with Gasteiger partial charge in [-0.2, -0.15) is 0 Å². The highest BCUT2D eigenvalue weighted by molar-refractivity contribution is 5.87. The minimum absolute atomic E-state index is 0.00986. The van der Waals surface area contributed by atoms with E-state index in [0.29, 0.717) is 23.2 Å². The molecule has 160 valence electrons. The van der Waals surface area contributed by atoms with Crippen LogP contribution in [0.3, 0.4) is 0 Å². The average Bonchev–Trinajstić information content (AvgIpc) is 2.97. The predicted molar refractivity (Wildman–Crippen MR) is 112 cm³/mol. The van der Waals surface area contributed by atoms with Gasteiger partial charge in [0.05, 0.1) is 6.10 Å². The van der Waals surface area contributed by atoms with Crippen molar-refractivity contribution in [3.63, 3.8) is 0 Å². The summed E-state index contributed by atoms with van der Waals surface area (Å²) in [7, 11) is 0. The molecule has 0 aromatic rings. The third-order valence-corrected chi connectivity index (χ3v) is 9.56. The first-order valence-electron chi connectivity index (χ1n) is 12.2. The second-order valence-electron chi connectivity index (χ2n) is 10.9. The van der Waals surface area contributed by atoms with Gasteiger partial charge in [-0.3, -0.25) is 4.79 Å². The summed E-state index contributed by atoms with van der Waals surface area (Å²) in [5.41, 5.74) is 0.470. The van der Waals surface area contributed by atoms with Gasteiger partial charge in [-0.1, -0.05) is 27.2 Å². The van der Waals surface area contributed by atoms with Crippen molar-refractivity contribution in [3.8, 4) is 0 Å². The lowest BCUT2D eigenvalue weighted by Gasteiger charge is -2.60. The number of unbranched alkanes of at least 4 members (excludes halogenated alkanes) is 1. The van der Waals surface area contributed by atoms with Crippen molar-refractivity contribution in [3.05, 3.63) is 0 Å². The lowest BCUT2D eigenvalue weighted by molar-refractivity contribution is -0.192. The zero-order valence-electron chi connectivity index (χ0n) is 18.7. The van der Waals surface area contributed by atoms with E-state index >= 15 is 0 Å². The molecule has 0 spiro atoms. The maximum absolute atomic E-state index is 12.6. The Morgan fingerprint density at radius 1 is 1.07 bits per heavy atom. The van der Waals surface area contributed by atoms with Gasteiger partial charge in [0.15, 0.2) is 6.29 Å². The first-order valence-corrected chi connectivity index (χ1v) is 12.2. The van der Waals surface area contributed by atoms with Crippen molar-refractivity contribution >= 4 is 5.78 Å². The number of carbonyl (C=O) groups excluding carboxylic acids is 1. The van der Waals surface area contributed by atoms with Gasteiger partial charge in [0, 0.05) is 18.4 Å². The second kappa shape index (κ2) is 8.02. The molecule has 3 nitrogen and oxygen atoms in total. The SMILES string of the molecule is CCCCOC(C)OC1CC[C@@]2(C)C(CC[C@@H]3[C@H]2CC[C@]2(C)C(=O)CC[C@@H]32)C1. The van der Waals surface area contributed by atoms with Gasteiger partial charge < -0.3 is 9.47 Å². The van der Waals surface area contributed by atoms with E-state index in [1.807, 2.05) is 0 Å². The summed E-state index contributed by atoms with van der Waals surface area (Å²) in [5.74, 6) is 3.64. The van der Waals surface area contributed by atoms with E-state index in [1.165, 1.54) is 44.9 Å². The van der Waals surface area contributed by atoms with Gasteiger partial charge >= 0.3 is 0 Å². The van der Waals surface area contributed by atoms with Crippen LogP contribution in [0.25, 0.3) is 0 Å². The van der Waals surface area contributed by atoms with Gasteiger partial charge in [0.25, 0.3) is 0 Å². The first kappa shape index (κ1) is 20.8. The zero-order chi connectivity index (χ0) is 19.9. The Bertz CT molecular complexity index is 574. The molecule has 0 aromatic heterocycles. The number of fused-ring (bicyclic) bond motifs is 5. The van der Waals surface area contributed by atoms with Crippen molar-refractivity contribution in [1.29, 1.82) is 0 Å². The summed E-state index contributed by atoms with van der Waals surface area (Å²) in [6.07, 6.45) is 13.4. The van der Waals surface area contributed by atoms with Crippen LogP contribution in [-0.4, -0.2) is 24.8 Å². The summed E-state index contributed by atoms with van der Waals surface area (Å²) in [5, 5.41) is 0. The molecule has 0 bridgehead atoms. The molecule has 0 saturated heterocycles. The van der Waals surface area contributed by atoms with E-state index in [-0.39, 0.29) is 11.7 Å². The first-order chi connectivity index (χ1) is 13.4. The molecule has 4 aliphatic rings. The van der Waals surface area contributed by atoms with Crippen LogP contribution < -0.4 is 0 Å². The van der Waals surface area contributed by atoms with Crippen molar-refractivity contribution in [2.75, 3.05) is 6.61 Å². The summed E-state index contributed by atoms with van der Waals surface area (Å²) in [6, 6.07) is 0. The van der Waals surface area contributed by atoms with Crippen LogP contribution >= 0.6 is 0 Å². The maximum Gasteiger partial charge on any atom is 0.155 e. The normalized spacial score (nSPS) is 46.6. The number of rotatable bonds is 6. The molecule has 3 heteroatoms. The quantitative estimate of drug-likeness (QED) is 0.403. The molecule has 4 fully saturated rings. The Labute approximate surface area is 172 Å². The number of Topliss-reactive ketones (excluding diaryl/α,β-unsaturated/α-hetero) is 1. The van der Waals surface area contributed by atoms with E-state index in [2.05, 4.69) is 27.7 Å². The molecule has 0 radical (unpaired) electrons. The zero-order valence-corrected chi connectivity index (χ0v) is 18.7. The van der Waals surface area contributed by atoms with Gasteiger partial charge in [-0.05, 0) is 93.8 Å². The van der Waals surface area contributed by atoms with Crippen LogP contribution in [0, 0.1) is 34.5 Å². The minimum Gasteiger partial charge on any atom is -0.353 e. The van der Waals surface area contributed by atoms with Crippen molar-refractivity contribution in [2.45, 2.75) is 111 Å². The molecule has 0 aromatic carbocycles. The van der Waals surface area contributed by atoms with Crippen LogP contribution in [0.5, 0.6) is 0 Å². The lowest BCUT2D eigenvalue weighted by atomic mass is 9.45. The molecule has 4 saturated carbocycles. The molecule has 8 atom stereocenters. The molecule has 0 amide bonds. The number of hydrogen-bond acceptors (Lipinski definition) is 3. The Balaban J connectivity index is 1.39. The van der Waals surface area contributed by atoms with Crippen molar-refractivity contribution in [1.82, 2.24) is 0 Å². The van der Waals surface area contributed by atoms with Gasteiger partial charge in [0.1, 0.15) is 5.78 Å². The van der Waals surface area contributed by atoms with Gasteiger partial charge in [-0.15, -0.1) is 0 Å². The number of hydrogen-bond donors (Lipinski definition) is 0. The van der Waals surface area contributed by atoms with Crippen LogP contribution in [0.2, 0.25) is 0 Å². The van der Waals surface area contributed by atoms with E-state index < -0.39 is 0 Å². The fraction of sp³-hybridized carbons (Fsp3) is 0.960. The van der Waals surface area contributed by atoms with Gasteiger partial charge in [0.2, 0.25) is 0 Å². The topological polar surface area (TPSA) is 35.5 Å². The van der Waals surface area contributed by atoms with E-state index in [1.54, 1.807) is 0 Å². The Hall–Kier alpha value is -0.410. The highest BCUT2D eigenvalue weighted by Gasteiger charge is 2.60. The van der Waals surface area contributed by atoms with E-state index in [9.17, 15) is 4.79 Å². The summed E-state index contributed by atoms with van der Waals surface area (Å²) < 4.78 is 12.1. The molecule has 3 unspecified atom stereocenters. The van der Waals surface area contributed by atoms with Crippen LogP contribution in [0.15, 0.2) is 0 Å². The van der Waals surface area contributed by atoms with Crippen molar-refractivity contribution < 1.29 is 14.3 Å². The minimum atomic E-state index is -0.0721. The van der Waals surface area contributed by atoms with Crippen LogP contribution in [0.1, 0.15) is 98.3 Å². The maximum atomic E-state index is 12.6. The van der Waals surface area contributed by atoms with Crippen LogP contribution in [-0.2, 0) is 14.3 Å². The molecule has 0 aliphatic heterocycles. The van der Waals surface area contributed by atoms with E-state index in [4.69, 9.17) is 9.47 Å². The fourth-order valence-corrected chi connectivity index (χ4v) is 7.82.